The van der Waals surface area contributed by atoms with E-state index in [2.05, 4.69) is 31.3 Å². The van der Waals surface area contributed by atoms with Gasteiger partial charge in [0.2, 0.25) is 0 Å². The van der Waals surface area contributed by atoms with Crippen LogP contribution in [-0.2, 0) is 10.2 Å². The Kier molecular flexibility index (Phi) is 7.27. The van der Waals surface area contributed by atoms with Gasteiger partial charge in [0, 0.05) is 0 Å². The number of nitrogens with one attached hydrogen (secondary N) is 1. The predicted octanol–water partition coefficient (Wildman–Crippen LogP) is 4.43. The molecule has 1 amide bonds. The van der Waals surface area contributed by atoms with Crippen LogP contribution in [0.25, 0.3) is 0 Å². The fourth-order valence-electron chi connectivity index (χ4n) is 2.07. The van der Waals surface area contributed by atoms with E-state index < -0.39 is 0 Å². The molecule has 2 N–H and O–H groups in total. The minimum atomic E-state index is -0.343. The van der Waals surface area contributed by atoms with E-state index in [-0.39, 0.29) is 23.7 Å². The molecule has 0 aliphatic carbocycles. The van der Waals surface area contributed by atoms with Gasteiger partial charge in [0.15, 0.2) is 6.61 Å². The van der Waals surface area contributed by atoms with Gasteiger partial charge in [0.1, 0.15) is 11.5 Å². The number of aromatic hydroxyl groups is 1. The molecule has 2 aromatic carbocycles. The zero-order valence-electron chi connectivity index (χ0n) is 14.7. The first-order valence-electron chi connectivity index (χ1n) is 7.90. The van der Waals surface area contributed by atoms with Gasteiger partial charge in [-0.3, -0.25) is 4.79 Å². The maximum atomic E-state index is 11.8. The van der Waals surface area contributed by atoms with Crippen molar-refractivity contribution in [2.45, 2.75) is 26.2 Å². The van der Waals surface area contributed by atoms with E-state index in [9.17, 15) is 9.90 Å². The second kappa shape index (κ2) is 9.03. The molecule has 0 aliphatic heterocycles. The maximum absolute atomic E-state index is 11.8. The Balaban J connectivity index is 1.85. The lowest BCUT2D eigenvalue weighted by molar-refractivity contribution is -0.123. The lowest BCUT2D eigenvalue weighted by Crippen LogP contribution is -2.24. The molecule has 0 atom stereocenters. The third kappa shape index (κ3) is 6.11. The summed E-state index contributed by atoms with van der Waals surface area (Å²) in [6.45, 7) is 6.32. The summed E-state index contributed by atoms with van der Waals surface area (Å²) >= 11 is 4.09. The number of hydrogen-bond donors (Lipinski definition) is 2. The van der Waals surface area contributed by atoms with E-state index in [1.165, 1.54) is 11.8 Å². The van der Waals surface area contributed by atoms with Crippen LogP contribution in [-0.4, -0.2) is 23.8 Å². The third-order valence-corrected chi connectivity index (χ3v) is 5.18. The number of hydrazone groups is 1. The second-order valence-corrected chi connectivity index (χ2v) is 9.01. The Morgan fingerprint density at radius 1 is 1.19 bits per heavy atom. The van der Waals surface area contributed by atoms with Crippen molar-refractivity contribution in [3.63, 3.8) is 0 Å². The molecule has 0 spiro atoms. The smallest absolute Gasteiger partial charge is 0.277 e. The van der Waals surface area contributed by atoms with Gasteiger partial charge < -0.3 is 9.84 Å². The standard InChI is InChI=1S/C19H20I2N2O3/c1-19(2,3)13-4-6-14(7-5-13)26-11-17(24)23-22-10-12-8-15(20)18(25)16(21)9-12/h4-10,25H,11H2,1-3H3,(H,23,24)/b22-10+. The van der Waals surface area contributed by atoms with Gasteiger partial charge >= 0.3 is 0 Å². The number of phenols is 1. The van der Waals surface area contributed by atoms with Gasteiger partial charge in [-0.05, 0) is 86.0 Å². The van der Waals surface area contributed by atoms with Gasteiger partial charge in [-0.2, -0.15) is 5.10 Å². The number of ether oxygens (including phenoxy) is 1. The molecule has 0 unspecified atom stereocenters. The summed E-state index contributed by atoms with van der Waals surface area (Å²) in [4.78, 5) is 11.8. The fraction of sp³-hybridized carbons (Fsp3) is 0.263. The normalized spacial score (nSPS) is 11.6. The van der Waals surface area contributed by atoms with Crippen molar-refractivity contribution in [1.29, 1.82) is 0 Å². The number of amides is 1. The minimum Gasteiger partial charge on any atom is -0.506 e. The molecule has 26 heavy (non-hydrogen) atoms. The Labute approximate surface area is 180 Å². The molecule has 0 fully saturated rings. The number of halogens is 2. The van der Waals surface area contributed by atoms with Crippen LogP contribution in [0.1, 0.15) is 31.9 Å². The number of rotatable bonds is 5. The molecule has 138 valence electrons. The quantitative estimate of drug-likeness (QED) is 0.314. The van der Waals surface area contributed by atoms with Gasteiger partial charge in [0.05, 0.1) is 13.4 Å². The monoisotopic (exact) mass is 578 g/mol. The largest absolute Gasteiger partial charge is 0.506 e. The fourth-order valence-corrected chi connectivity index (χ4v) is 3.89. The first-order valence-corrected chi connectivity index (χ1v) is 10.1. The number of benzene rings is 2. The van der Waals surface area contributed by atoms with Crippen LogP contribution in [0, 0.1) is 7.14 Å². The summed E-state index contributed by atoms with van der Waals surface area (Å²) in [6, 6.07) is 11.3. The van der Waals surface area contributed by atoms with Crippen molar-refractivity contribution in [3.8, 4) is 11.5 Å². The molecular formula is C19H20I2N2O3. The average Bonchev–Trinajstić information content (AvgIpc) is 2.57. The molecule has 7 heteroatoms. The highest BCUT2D eigenvalue weighted by Gasteiger charge is 2.13. The lowest BCUT2D eigenvalue weighted by atomic mass is 9.87. The number of carbonyl (C=O) groups is 1. The van der Waals surface area contributed by atoms with Crippen LogP contribution < -0.4 is 10.2 Å². The Bertz CT molecular complexity index is 790. The zero-order chi connectivity index (χ0) is 19.3. The predicted molar refractivity (Wildman–Crippen MR) is 120 cm³/mol. The summed E-state index contributed by atoms with van der Waals surface area (Å²) in [7, 11) is 0. The molecule has 0 aromatic heterocycles. The Morgan fingerprint density at radius 2 is 1.77 bits per heavy atom. The minimum absolute atomic E-state index is 0.0779. The molecule has 0 saturated carbocycles. The van der Waals surface area contributed by atoms with Crippen LogP contribution in [0.5, 0.6) is 11.5 Å². The van der Waals surface area contributed by atoms with Crippen molar-refractivity contribution in [2.75, 3.05) is 6.61 Å². The molecule has 0 saturated heterocycles. The Hall–Kier alpha value is -1.36. The number of carbonyl (C=O) groups excluding carboxylic acids is 1. The van der Waals surface area contributed by atoms with Crippen molar-refractivity contribution in [2.24, 2.45) is 5.10 Å². The van der Waals surface area contributed by atoms with Gasteiger partial charge in [-0.1, -0.05) is 32.9 Å². The molecule has 0 bridgehead atoms. The average molecular weight is 578 g/mol. The first-order chi connectivity index (χ1) is 12.2. The first kappa shape index (κ1) is 20.9. The molecule has 0 radical (unpaired) electrons. The van der Waals surface area contributed by atoms with Gasteiger partial charge in [-0.25, -0.2) is 5.43 Å². The van der Waals surface area contributed by atoms with E-state index in [0.29, 0.717) is 5.75 Å². The highest BCUT2D eigenvalue weighted by atomic mass is 127. The number of nitrogens with zero attached hydrogens (tertiary/aromatic N) is 1. The number of hydrogen-bond acceptors (Lipinski definition) is 4. The van der Waals surface area contributed by atoms with Crippen molar-refractivity contribution in [1.82, 2.24) is 5.43 Å². The second-order valence-electron chi connectivity index (χ2n) is 6.69. The van der Waals surface area contributed by atoms with E-state index in [1.807, 2.05) is 69.4 Å². The zero-order valence-corrected chi connectivity index (χ0v) is 19.0. The highest BCUT2D eigenvalue weighted by Crippen LogP contribution is 2.27. The van der Waals surface area contributed by atoms with Crippen molar-refractivity contribution < 1.29 is 14.6 Å². The molecule has 5 nitrogen and oxygen atoms in total. The van der Waals surface area contributed by atoms with E-state index in [1.54, 1.807) is 12.1 Å². The molecule has 0 heterocycles. The van der Waals surface area contributed by atoms with Gasteiger partial charge in [0.25, 0.3) is 5.91 Å². The Morgan fingerprint density at radius 3 is 2.31 bits per heavy atom. The molecule has 0 aliphatic rings. The van der Waals surface area contributed by atoms with Crippen LogP contribution in [0.15, 0.2) is 41.5 Å². The van der Waals surface area contributed by atoms with Crippen molar-refractivity contribution in [3.05, 3.63) is 54.7 Å². The van der Waals surface area contributed by atoms with Gasteiger partial charge in [-0.15, -0.1) is 0 Å². The SMILES string of the molecule is CC(C)(C)c1ccc(OCC(=O)N/N=C/c2cc(I)c(O)c(I)c2)cc1. The summed E-state index contributed by atoms with van der Waals surface area (Å²) in [5.41, 5.74) is 4.50. The van der Waals surface area contributed by atoms with Crippen molar-refractivity contribution >= 4 is 57.3 Å². The summed E-state index contributed by atoms with van der Waals surface area (Å²) in [6.07, 6.45) is 1.53. The lowest BCUT2D eigenvalue weighted by Gasteiger charge is -2.19. The maximum Gasteiger partial charge on any atom is 0.277 e. The molecular weight excluding hydrogens is 558 g/mol. The summed E-state index contributed by atoms with van der Waals surface area (Å²) in [5, 5.41) is 13.7. The van der Waals surface area contributed by atoms with Crippen LogP contribution >= 0.6 is 45.2 Å². The van der Waals surface area contributed by atoms with E-state index >= 15 is 0 Å². The van der Waals surface area contributed by atoms with E-state index in [0.717, 1.165) is 12.7 Å². The summed E-state index contributed by atoms with van der Waals surface area (Å²) in [5.74, 6) is 0.544. The van der Waals surface area contributed by atoms with Crippen LogP contribution in [0.2, 0.25) is 0 Å². The van der Waals surface area contributed by atoms with Crippen LogP contribution in [0.3, 0.4) is 0 Å². The van der Waals surface area contributed by atoms with Crippen LogP contribution in [0.4, 0.5) is 0 Å². The van der Waals surface area contributed by atoms with E-state index in [4.69, 9.17) is 4.74 Å². The molecule has 2 aromatic rings. The molecule has 2 rings (SSSR count). The summed E-state index contributed by atoms with van der Waals surface area (Å²) < 4.78 is 6.92. The highest BCUT2D eigenvalue weighted by molar-refractivity contribution is 14.1. The number of phenolic OH excluding ortho intramolecular Hbond substituents is 1. The topological polar surface area (TPSA) is 70.9 Å². The third-order valence-electron chi connectivity index (χ3n) is 3.53.